The quantitative estimate of drug-likeness (QED) is 0.428. The van der Waals surface area contributed by atoms with Gasteiger partial charge in [0.05, 0.1) is 0 Å². The van der Waals surface area contributed by atoms with E-state index in [0.717, 1.165) is 18.5 Å². The molecule has 2 N–H and O–H groups in total. The summed E-state index contributed by atoms with van der Waals surface area (Å²) in [6.07, 6.45) is 8.44. The van der Waals surface area contributed by atoms with Crippen LogP contribution < -0.4 is 5.73 Å². The van der Waals surface area contributed by atoms with E-state index in [0.29, 0.717) is 0 Å². The van der Waals surface area contributed by atoms with E-state index in [1.165, 1.54) is 6.40 Å². The number of nitrogens with two attached hydrogens (primary N) is 1. The summed E-state index contributed by atoms with van der Waals surface area (Å²) >= 11 is 0. The molecule has 3 nitrogen and oxygen atoms in total. The molecule has 0 heterocycles. The van der Waals surface area contributed by atoms with Gasteiger partial charge < -0.3 is 10.5 Å². The first-order valence-corrected chi connectivity index (χ1v) is 5.36. The molecule has 0 saturated heterocycles. The lowest BCUT2D eigenvalue weighted by Gasteiger charge is -2.08. The van der Waals surface area contributed by atoms with E-state index in [9.17, 15) is 0 Å². The van der Waals surface area contributed by atoms with Crippen LogP contribution in [0.4, 0.5) is 0 Å². The average molecular weight is 224 g/mol. The Hall–Kier alpha value is -1.51. The Kier molecular flexibility index (Phi) is 14.3. The summed E-state index contributed by atoms with van der Waals surface area (Å²) < 4.78 is 5.23. The maximum atomic E-state index is 5.64. The van der Waals surface area contributed by atoms with Gasteiger partial charge in [-0.3, -0.25) is 4.99 Å². The first-order chi connectivity index (χ1) is 7.65. The topological polar surface area (TPSA) is 47.6 Å². The highest BCUT2D eigenvalue weighted by Gasteiger charge is 1.99. The fourth-order valence-corrected chi connectivity index (χ4v) is 0.758. The predicted octanol–water partition coefficient (Wildman–Crippen LogP) is 3.05. The van der Waals surface area contributed by atoms with Crippen LogP contribution in [0, 0.1) is 0 Å². The summed E-state index contributed by atoms with van der Waals surface area (Å²) in [5.74, 6) is 0. The Balaban J connectivity index is 0. The first kappa shape index (κ1) is 16.9. The van der Waals surface area contributed by atoms with Gasteiger partial charge in [-0.25, -0.2) is 0 Å². The minimum Gasteiger partial charge on any atom is -0.476 e. The number of hydrogen-bond acceptors (Lipinski definition) is 3. The van der Waals surface area contributed by atoms with Gasteiger partial charge in [0.25, 0.3) is 0 Å². The van der Waals surface area contributed by atoms with Gasteiger partial charge in [-0.1, -0.05) is 31.7 Å². The van der Waals surface area contributed by atoms with E-state index in [1.807, 2.05) is 19.9 Å². The fraction of sp³-hybridized carbons (Fsp3) is 0.462. The highest BCUT2D eigenvalue weighted by Crippen LogP contribution is 2.02. The van der Waals surface area contributed by atoms with Gasteiger partial charge in [0.1, 0.15) is 6.10 Å². The molecule has 0 amide bonds. The Labute approximate surface area is 99.4 Å². The molecule has 0 aromatic carbocycles. The Morgan fingerprint density at radius 3 is 2.44 bits per heavy atom. The second kappa shape index (κ2) is 13.5. The lowest BCUT2D eigenvalue weighted by molar-refractivity contribution is 0.252. The molecule has 0 bridgehead atoms. The van der Waals surface area contributed by atoms with Crippen molar-refractivity contribution in [3.63, 3.8) is 0 Å². The number of nitrogens with zero attached hydrogens (tertiary/aromatic N) is 1. The molecule has 0 aromatic heterocycles. The van der Waals surface area contributed by atoms with Crippen LogP contribution in [0.3, 0.4) is 0 Å². The SMILES string of the molecule is C=CC.C=CC(C/C=C(/N)CC)OC=NC. The molecule has 92 valence electrons. The normalized spacial score (nSPS) is 12.6. The third-order valence-electron chi connectivity index (χ3n) is 1.62. The number of aliphatic imine (C=N–C) groups is 1. The predicted molar refractivity (Wildman–Crippen MR) is 72.5 cm³/mol. The molecule has 0 aliphatic rings. The summed E-state index contributed by atoms with van der Waals surface area (Å²) in [5.41, 5.74) is 6.52. The van der Waals surface area contributed by atoms with Gasteiger partial charge in [0, 0.05) is 19.2 Å². The molecule has 0 rings (SSSR count). The zero-order chi connectivity index (χ0) is 12.8. The summed E-state index contributed by atoms with van der Waals surface area (Å²) in [4.78, 5) is 3.72. The molecule has 1 unspecified atom stereocenters. The number of hydrogen-bond donors (Lipinski definition) is 1. The molecule has 0 fully saturated rings. The second-order valence-electron chi connectivity index (χ2n) is 3.05. The lowest BCUT2D eigenvalue weighted by atomic mass is 10.2. The van der Waals surface area contributed by atoms with Gasteiger partial charge in [0.15, 0.2) is 6.40 Å². The third kappa shape index (κ3) is 12.5. The summed E-state index contributed by atoms with van der Waals surface area (Å²) in [6, 6.07) is 0. The van der Waals surface area contributed by atoms with Gasteiger partial charge in [0.2, 0.25) is 0 Å². The van der Waals surface area contributed by atoms with Crippen LogP contribution in [0.25, 0.3) is 0 Å². The van der Waals surface area contributed by atoms with Crippen molar-refractivity contribution in [2.45, 2.75) is 32.8 Å². The molecule has 0 aromatic rings. The maximum Gasteiger partial charge on any atom is 0.170 e. The van der Waals surface area contributed by atoms with Crippen molar-refractivity contribution in [2.24, 2.45) is 10.7 Å². The zero-order valence-electron chi connectivity index (χ0n) is 10.6. The molecule has 0 aliphatic carbocycles. The molecule has 3 heteroatoms. The minimum atomic E-state index is -0.0335. The van der Waals surface area contributed by atoms with Crippen molar-refractivity contribution in [1.29, 1.82) is 0 Å². The van der Waals surface area contributed by atoms with E-state index in [-0.39, 0.29) is 6.10 Å². The molecule has 0 spiro atoms. The summed E-state index contributed by atoms with van der Waals surface area (Å²) in [6.45, 7) is 10.9. The molecule has 0 radical (unpaired) electrons. The molecule has 1 atom stereocenters. The standard InChI is InChI=1S/C10H18N2O.C3H6/c1-4-9(11)6-7-10(5-2)13-8-12-3;1-3-2/h5-6,8,10H,2,4,7,11H2,1,3H3;3H,1H2,2H3/b9-6+,12-8?;. The van der Waals surface area contributed by atoms with Crippen molar-refractivity contribution in [2.75, 3.05) is 7.05 Å². The maximum absolute atomic E-state index is 5.64. The van der Waals surface area contributed by atoms with E-state index >= 15 is 0 Å². The highest BCUT2D eigenvalue weighted by molar-refractivity contribution is 5.46. The van der Waals surface area contributed by atoms with Crippen molar-refractivity contribution in [3.8, 4) is 0 Å². The van der Waals surface area contributed by atoms with E-state index in [4.69, 9.17) is 10.5 Å². The van der Waals surface area contributed by atoms with Crippen LogP contribution in [0.5, 0.6) is 0 Å². The van der Waals surface area contributed by atoms with Gasteiger partial charge in [-0.2, -0.15) is 0 Å². The highest BCUT2D eigenvalue weighted by atomic mass is 16.5. The van der Waals surface area contributed by atoms with Gasteiger partial charge >= 0.3 is 0 Å². The first-order valence-electron chi connectivity index (χ1n) is 5.36. The van der Waals surface area contributed by atoms with Crippen molar-refractivity contribution in [1.82, 2.24) is 0 Å². The van der Waals surface area contributed by atoms with Crippen LogP contribution in [0.2, 0.25) is 0 Å². The lowest BCUT2D eigenvalue weighted by Crippen LogP contribution is -2.08. The molecular formula is C13H24N2O. The Bertz CT molecular complexity index is 232. The number of rotatable bonds is 6. The Morgan fingerprint density at radius 1 is 1.50 bits per heavy atom. The molecule has 0 saturated carbocycles. The minimum absolute atomic E-state index is 0.0335. The Morgan fingerprint density at radius 2 is 2.06 bits per heavy atom. The van der Waals surface area contributed by atoms with Gasteiger partial charge in [-0.15, -0.1) is 6.58 Å². The molecule has 16 heavy (non-hydrogen) atoms. The number of allylic oxidation sites excluding steroid dienone is 2. The second-order valence-corrected chi connectivity index (χ2v) is 3.05. The van der Waals surface area contributed by atoms with Crippen molar-refractivity contribution >= 4 is 6.40 Å². The monoisotopic (exact) mass is 224 g/mol. The van der Waals surface area contributed by atoms with Crippen LogP contribution in [0.1, 0.15) is 26.7 Å². The third-order valence-corrected chi connectivity index (χ3v) is 1.62. The molecular weight excluding hydrogens is 200 g/mol. The van der Waals surface area contributed by atoms with Crippen LogP contribution >= 0.6 is 0 Å². The van der Waals surface area contributed by atoms with Crippen LogP contribution in [0.15, 0.2) is 42.1 Å². The van der Waals surface area contributed by atoms with Crippen LogP contribution in [-0.2, 0) is 4.74 Å². The molecule has 0 aliphatic heterocycles. The van der Waals surface area contributed by atoms with Gasteiger partial charge in [-0.05, 0) is 13.3 Å². The van der Waals surface area contributed by atoms with E-state index in [2.05, 4.69) is 18.2 Å². The fourth-order valence-electron chi connectivity index (χ4n) is 0.758. The number of ether oxygens (including phenoxy) is 1. The van der Waals surface area contributed by atoms with E-state index in [1.54, 1.807) is 19.2 Å². The largest absolute Gasteiger partial charge is 0.476 e. The summed E-state index contributed by atoms with van der Waals surface area (Å²) in [7, 11) is 1.66. The van der Waals surface area contributed by atoms with Crippen LogP contribution in [-0.4, -0.2) is 19.6 Å². The average Bonchev–Trinajstić information content (AvgIpc) is 2.30. The van der Waals surface area contributed by atoms with Crippen molar-refractivity contribution in [3.05, 3.63) is 37.1 Å². The van der Waals surface area contributed by atoms with E-state index < -0.39 is 0 Å². The zero-order valence-corrected chi connectivity index (χ0v) is 10.6. The van der Waals surface area contributed by atoms with Crippen molar-refractivity contribution < 1.29 is 4.74 Å². The summed E-state index contributed by atoms with van der Waals surface area (Å²) in [5, 5.41) is 0. The smallest absolute Gasteiger partial charge is 0.170 e.